The molecule has 0 N–H and O–H groups in total. The number of benzene rings is 16. The lowest BCUT2D eigenvalue weighted by Gasteiger charge is -2.41. The number of rotatable bonds is 8. The van der Waals surface area contributed by atoms with E-state index >= 15 is 0 Å². The van der Waals surface area contributed by atoms with Gasteiger partial charge in [0.2, 0.25) is 0 Å². The topological polar surface area (TPSA) is 75.4 Å². The van der Waals surface area contributed by atoms with Gasteiger partial charge in [0.05, 0.1) is 27.8 Å². The first-order valence-electron chi connectivity index (χ1n) is 49.1. The van der Waals surface area contributed by atoms with Gasteiger partial charge in [0.25, 0.3) is 13.4 Å². The minimum absolute atomic E-state index is 0.0251. The first-order valence-corrected chi connectivity index (χ1v) is 49.1. The molecule has 0 radical (unpaired) electrons. The molecule has 16 aromatic carbocycles. The molecule has 676 valence electrons. The van der Waals surface area contributed by atoms with E-state index in [9.17, 15) is 0 Å². The molecule has 22 aromatic rings. The van der Waals surface area contributed by atoms with E-state index in [2.05, 4.69) is 483 Å². The van der Waals surface area contributed by atoms with Crippen LogP contribution in [0.2, 0.25) is 0 Å². The highest BCUT2D eigenvalue weighted by molar-refractivity contribution is 7.01. The van der Waals surface area contributed by atoms with Gasteiger partial charge in [0.15, 0.2) is 16.7 Å². The number of anilines is 12. The minimum atomic E-state index is -0.114. The zero-order valence-electron chi connectivity index (χ0n) is 82.5. The van der Waals surface area contributed by atoms with Gasteiger partial charge in [-0.25, -0.2) is 0 Å². The average Bonchev–Trinajstić information content (AvgIpc) is 1.52. The second-order valence-corrected chi connectivity index (χ2v) is 45.5. The zero-order chi connectivity index (χ0) is 94.9. The van der Waals surface area contributed by atoms with Crippen molar-refractivity contribution in [2.75, 3.05) is 19.6 Å². The summed E-state index contributed by atoms with van der Waals surface area (Å²) in [6.07, 6.45) is 0. The Balaban J connectivity index is 0.000000146. The van der Waals surface area contributed by atoms with Crippen LogP contribution in [0.25, 0.3) is 121 Å². The molecule has 0 amide bonds. The van der Waals surface area contributed by atoms with Crippen molar-refractivity contribution in [3.05, 3.63) is 360 Å². The summed E-state index contributed by atoms with van der Waals surface area (Å²) >= 11 is 0. The monoisotopic (exact) mass is 1790 g/mol. The molecule has 26 rings (SSSR count). The van der Waals surface area contributed by atoms with Crippen molar-refractivity contribution >= 4 is 224 Å². The molecule has 10 nitrogen and oxygen atoms in total. The molecule has 0 atom stereocenters. The van der Waals surface area contributed by atoms with Gasteiger partial charge in [-0.3, -0.25) is 0 Å². The lowest BCUT2D eigenvalue weighted by molar-refractivity contribution is 0.590. The Morgan fingerprint density at radius 2 is 0.536 bits per heavy atom. The Kier molecular flexibility index (Phi) is 18.3. The number of para-hydroxylation sites is 5. The van der Waals surface area contributed by atoms with E-state index in [4.69, 9.17) is 17.7 Å². The molecule has 0 bridgehead atoms. The maximum Gasteiger partial charge on any atom is 0.252 e. The maximum atomic E-state index is 6.96. The Labute approximate surface area is 807 Å². The fourth-order valence-electron chi connectivity index (χ4n) is 23.0. The number of aromatic nitrogens is 2. The zero-order valence-corrected chi connectivity index (χ0v) is 82.5. The highest BCUT2D eigenvalue weighted by atomic mass is 16.3. The van der Waals surface area contributed by atoms with Gasteiger partial charge in [-0.05, 0) is 287 Å². The molecule has 0 spiro atoms. The van der Waals surface area contributed by atoms with Gasteiger partial charge >= 0.3 is 0 Å². The summed E-state index contributed by atoms with van der Waals surface area (Å²) in [6, 6.07) is 118. The molecule has 4 aliphatic heterocycles. The number of fused-ring (bicyclic) bond motifs is 24. The number of furan rings is 4. The highest BCUT2D eigenvalue weighted by Gasteiger charge is 2.48. The molecule has 0 saturated heterocycles. The second-order valence-electron chi connectivity index (χ2n) is 45.5. The van der Waals surface area contributed by atoms with Crippen LogP contribution in [0, 0.1) is 13.8 Å². The van der Waals surface area contributed by atoms with E-state index < -0.39 is 0 Å². The van der Waals surface area contributed by atoms with E-state index in [0.717, 1.165) is 161 Å². The Hall–Kier alpha value is -14.9. The van der Waals surface area contributed by atoms with Crippen molar-refractivity contribution in [1.82, 2.24) is 9.13 Å². The van der Waals surface area contributed by atoms with Crippen LogP contribution >= 0.6 is 0 Å². The summed E-state index contributed by atoms with van der Waals surface area (Å²) in [6.45, 7) is 45.7. The van der Waals surface area contributed by atoms with Crippen molar-refractivity contribution in [2.45, 2.75) is 171 Å². The Morgan fingerprint density at radius 1 is 0.217 bits per heavy atom. The fourth-order valence-corrected chi connectivity index (χ4v) is 23.0. The van der Waals surface area contributed by atoms with E-state index in [-0.39, 0.29) is 45.9 Å². The second kappa shape index (κ2) is 29.8. The van der Waals surface area contributed by atoms with Crippen LogP contribution in [0.4, 0.5) is 68.2 Å². The molecule has 12 heteroatoms. The largest absolute Gasteiger partial charge is 0.456 e. The number of hydrogen-bond acceptors (Lipinski definition) is 8. The van der Waals surface area contributed by atoms with Crippen molar-refractivity contribution < 1.29 is 17.7 Å². The van der Waals surface area contributed by atoms with Crippen LogP contribution < -0.4 is 52.4 Å². The molecule has 4 aliphatic rings. The van der Waals surface area contributed by atoms with Crippen LogP contribution in [0.3, 0.4) is 0 Å². The molecule has 10 heterocycles. The van der Waals surface area contributed by atoms with Gasteiger partial charge in [0.1, 0.15) is 38.9 Å². The molecule has 0 saturated carbocycles. The third-order valence-electron chi connectivity index (χ3n) is 30.1. The van der Waals surface area contributed by atoms with E-state index in [1.54, 1.807) is 0 Å². The molecule has 6 aromatic heterocycles. The molecular weight excluding hydrogens is 1680 g/mol. The highest BCUT2D eigenvalue weighted by Crippen LogP contribution is 2.54. The number of hydrogen-bond donors (Lipinski definition) is 0. The fraction of sp³-hybridized carbons (Fsp3) is 0.206. The van der Waals surface area contributed by atoms with Crippen LogP contribution in [0.5, 0.6) is 0 Å². The Bertz CT molecular complexity index is 8750. The van der Waals surface area contributed by atoms with Crippen LogP contribution in [0.1, 0.15) is 169 Å². The normalized spacial score (nSPS) is 13.6. The predicted molar refractivity (Wildman–Crippen MR) is 585 cm³/mol. The van der Waals surface area contributed by atoms with Crippen LogP contribution in [0.15, 0.2) is 333 Å². The van der Waals surface area contributed by atoms with Crippen LogP contribution in [-0.2, 0) is 32.5 Å². The SMILES string of the molecule is Cc1cc2c3c(c1)-n1c4c(cc(C(C)(C)C)cc4c4oc5ccccc5c41)B3c1ccc(N(c3ccc(C(C)(C)C)cc3)c3ccc(C(C)(C)C)cc3)cc1N2c1cccc2c1oc1ccccc12.Cc1cc2c3c(c1)-n1c4c(cc(C(C)(C)C)cc4c4oc5ccccc5c41)B3c1ccc(N(c3ccc(C(C)(C)C)cc3)c3ccc(C(C)(C)C)cc3)cc1N2c1cccc2oc3ccccc3c12. The van der Waals surface area contributed by atoms with Gasteiger partial charge < -0.3 is 46.4 Å². The average molecular weight is 1800 g/mol. The molecule has 0 unspecified atom stereocenters. The summed E-state index contributed by atoms with van der Waals surface area (Å²) in [5, 5.41) is 8.98. The smallest absolute Gasteiger partial charge is 0.252 e. The lowest BCUT2D eigenvalue weighted by Crippen LogP contribution is -2.60. The standard InChI is InChI=1S/2C63H56BN3O2/c1-37-32-52-56-53(33-37)67-57-47(60-58(67)46-17-12-14-21-55(46)69-60)34-40(63(8,9)10)35-49(57)64(56)48-31-30-43(36-51(48)66(52)50-19-15-18-45-44-16-11-13-20-54(44)68-59(45)50)65(41-26-22-38(23-27-41)61(2,3)4)42-28-24-39(25-29-42)62(5,6)7;1-37-32-51-57-52(33-37)67-58-46(60-59(67)45-17-12-14-20-54(45)69-60)34-40(63(8,9)10)35-48(58)64(57)47-31-30-43(36-50(47)66(51)49-18-15-21-55-56(49)44-16-11-13-19-53(44)68-55)65(41-26-22-38(23-27-41)61(2,3)4)42-28-24-39(25-29-42)62(5,6)7/h2*11-36H,1-10H3. The molecule has 138 heavy (non-hydrogen) atoms. The summed E-state index contributed by atoms with van der Waals surface area (Å²) in [7, 11) is 0. The van der Waals surface area contributed by atoms with E-state index in [0.29, 0.717) is 0 Å². The molecular formula is C126H112B2N6O4. The summed E-state index contributed by atoms with van der Waals surface area (Å²) in [5.74, 6) is 0. The number of nitrogens with zero attached hydrogens (tertiary/aromatic N) is 6. The van der Waals surface area contributed by atoms with E-state index in [1.165, 1.54) is 105 Å². The van der Waals surface area contributed by atoms with Crippen molar-refractivity contribution in [3.63, 3.8) is 0 Å². The summed E-state index contributed by atoms with van der Waals surface area (Å²) in [4.78, 5) is 9.94. The minimum Gasteiger partial charge on any atom is -0.456 e. The van der Waals surface area contributed by atoms with Crippen molar-refractivity contribution in [1.29, 1.82) is 0 Å². The summed E-state index contributed by atoms with van der Waals surface area (Å²) < 4.78 is 32.5. The molecule has 0 fully saturated rings. The predicted octanol–water partition coefficient (Wildman–Crippen LogP) is 31.4. The van der Waals surface area contributed by atoms with Crippen LogP contribution in [-0.4, -0.2) is 22.6 Å². The van der Waals surface area contributed by atoms with Gasteiger partial charge in [-0.2, -0.15) is 0 Å². The van der Waals surface area contributed by atoms with Gasteiger partial charge in [-0.15, -0.1) is 0 Å². The third-order valence-corrected chi connectivity index (χ3v) is 30.1. The van der Waals surface area contributed by atoms with E-state index in [1.807, 2.05) is 0 Å². The summed E-state index contributed by atoms with van der Waals surface area (Å²) in [5.41, 5.74) is 45.3. The third kappa shape index (κ3) is 13.0. The van der Waals surface area contributed by atoms with Crippen molar-refractivity contribution in [3.8, 4) is 11.4 Å². The van der Waals surface area contributed by atoms with Crippen molar-refractivity contribution in [2.24, 2.45) is 0 Å². The molecule has 0 aliphatic carbocycles. The first-order chi connectivity index (χ1) is 66.0. The maximum absolute atomic E-state index is 6.96. The first kappa shape index (κ1) is 84.8. The Morgan fingerprint density at radius 3 is 0.942 bits per heavy atom. The van der Waals surface area contributed by atoms with Gasteiger partial charge in [0, 0.05) is 106 Å². The lowest BCUT2D eigenvalue weighted by atomic mass is 9.33. The van der Waals surface area contributed by atoms with Gasteiger partial charge in [-0.1, -0.05) is 276 Å². The number of aryl methyl sites for hydroxylation is 2. The quantitative estimate of drug-likeness (QED) is 0.139.